The van der Waals surface area contributed by atoms with Gasteiger partial charge in [0.05, 0.1) is 16.6 Å². The molecule has 15 heavy (non-hydrogen) atoms. The van der Waals surface area contributed by atoms with E-state index in [1.54, 1.807) is 23.1 Å². The van der Waals surface area contributed by atoms with Gasteiger partial charge in [0.25, 0.3) is 0 Å². The second kappa shape index (κ2) is 3.29. The number of halogens is 1. The smallest absolute Gasteiger partial charge is 0.184 e. The standard InChI is InChI=1S/C9H5ClN4S/c10-9-12-5-7(15-9)6-4-13-14-3-1-2-11-8(6)14/h1-5H. The van der Waals surface area contributed by atoms with Gasteiger partial charge in [-0.15, -0.1) is 11.3 Å². The second-order valence-corrected chi connectivity index (χ2v) is 4.54. The number of hydrogen-bond acceptors (Lipinski definition) is 4. The summed E-state index contributed by atoms with van der Waals surface area (Å²) < 4.78 is 2.25. The molecule has 3 aromatic heterocycles. The van der Waals surface area contributed by atoms with Gasteiger partial charge in [0.2, 0.25) is 0 Å². The first-order valence-electron chi connectivity index (χ1n) is 4.24. The van der Waals surface area contributed by atoms with Gasteiger partial charge in [0, 0.05) is 18.6 Å². The van der Waals surface area contributed by atoms with E-state index in [2.05, 4.69) is 15.1 Å². The Morgan fingerprint density at radius 1 is 1.27 bits per heavy atom. The molecule has 0 radical (unpaired) electrons. The van der Waals surface area contributed by atoms with Crippen LogP contribution < -0.4 is 0 Å². The predicted molar refractivity (Wildman–Crippen MR) is 59.1 cm³/mol. The van der Waals surface area contributed by atoms with Gasteiger partial charge in [-0.3, -0.25) is 0 Å². The van der Waals surface area contributed by atoms with Crippen molar-refractivity contribution in [2.75, 3.05) is 0 Å². The van der Waals surface area contributed by atoms with Crippen LogP contribution in [0.25, 0.3) is 16.1 Å². The van der Waals surface area contributed by atoms with Crippen LogP contribution in [0.3, 0.4) is 0 Å². The lowest BCUT2D eigenvalue weighted by atomic mass is 10.3. The third-order valence-electron chi connectivity index (χ3n) is 2.02. The zero-order chi connectivity index (χ0) is 10.3. The van der Waals surface area contributed by atoms with Crippen molar-refractivity contribution in [1.29, 1.82) is 0 Å². The summed E-state index contributed by atoms with van der Waals surface area (Å²) >= 11 is 7.21. The summed E-state index contributed by atoms with van der Waals surface area (Å²) in [5.74, 6) is 0. The quantitative estimate of drug-likeness (QED) is 0.652. The largest absolute Gasteiger partial charge is 0.236 e. The molecule has 0 saturated carbocycles. The molecule has 0 aliphatic rings. The van der Waals surface area contributed by atoms with Gasteiger partial charge in [-0.25, -0.2) is 14.5 Å². The third kappa shape index (κ3) is 1.40. The fourth-order valence-electron chi connectivity index (χ4n) is 1.38. The van der Waals surface area contributed by atoms with Crippen molar-refractivity contribution in [1.82, 2.24) is 19.6 Å². The number of rotatable bonds is 1. The van der Waals surface area contributed by atoms with E-state index in [1.807, 2.05) is 12.3 Å². The fraction of sp³-hybridized carbons (Fsp3) is 0. The minimum Gasteiger partial charge on any atom is -0.236 e. The summed E-state index contributed by atoms with van der Waals surface area (Å²) in [5.41, 5.74) is 1.78. The highest BCUT2D eigenvalue weighted by molar-refractivity contribution is 7.18. The van der Waals surface area contributed by atoms with E-state index in [0.717, 1.165) is 16.1 Å². The van der Waals surface area contributed by atoms with Crippen LogP contribution in [-0.2, 0) is 0 Å². The maximum absolute atomic E-state index is 5.79. The van der Waals surface area contributed by atoms with Crippen LogP contribution in [0.2, 0.25) is 4.47 Å². The van der Waals surface area contributed by atoms with Gasteiger partial charge in [-0.2, -0.15) is 5.10 Å². The summed E-state index contributed by atoms with van der Waals surface area (Å²) in [6.45, 7) is 0. The van der Waals surface area contributed by atoms with E-state index in [1.165, 1.54) is 11.3 Å². The van der Waals surface area contributed by atoms with Crippen LogP contribution in [-0.4, -0.2) is 19.6 Å². The number of nitrogens with zero attached hydrogens (tertiary/aromatic N) is 4. The summed E-state index contributed by atoms with van der Waals surface area (Å²) in [5, 5.41) is 4.19. The maximum atomic E-state index is 5.79. The Morgan fingerprint density at radius 3 is 3.00 bits per heavy atom. The Bertz CT molecular complexity index is 615. The third-order valence-corrected chi connectivity index (χ3v) is 3.17. The molecule has 0 N–H and O–H groups in total. The van der Waals surface area contributed by atoms with Gasteiger partial charge in [0.1, 0.15) is 0 Å². The highest BCUT2D eigenvalue weighted by Crippen LogP contribution is 2.30. The molecule has 0 fully saturated rings. The molecule has 0 aliphatic heterocycles. The zero-order valence-electron chi connectivity index (χ0n) is 7.46. The van der Waals surface area contributed by atoms with E-state index < -0.39 is 0 Å². The maximum Gasteiger partial charge on any atom is 0.184 e. The number of thiazole rings is 1. The molecule has 3 rings (SSSR count). The Labute approximate surface area is 94.2 Å². The molecular weight excluding hydrogens is 232 g/mol. The van der Waals surface area contributed by atoms with Crippen molar-refractivity contribution in [3.8, 4) is 10.4 Å². The molecule has 0 aromatic carbocycles. The van der Waals surface area contributed by atoms with Crippen molar-refractivity contribution in [2.24, 2.45) is 0 Å². The Hall–Kier alpha value is -1.46. The molecule has 74 valence electrons. The van der Waals surface area contributed by atoms with Crippen LogP contribution in [0.1, 0.15) is 0 Å². The van der Waals surface area contributed by atoms with E-state index in [4.69, 9.17) is 11.6 Å². The summed E-state index contributed by atoms with van der Waals surface area (Å²) in [6, 6.07) is 1.84. The molecule has 0 atom stereocenters. The zero-order valence-corrected chi connectivity index (χ0v) is 9.03. The number of hydrogen-bond donors (Lipinski definition) is 0. The molecule has 0 bridgehead atoms. The number of fused-ring (bicyclic) bond motifs is 1. The van der Waals surface area contributed by atoms with Crippen molar-refractivity contribution in [3.63, 3.8) is 0 Å². The Kier molecular flexibility index (Phi) is 1.93. The van der Waals surface area contributed by atoms with Crippen molar-refractivity contribution in [3.05, 3.63) is 35.3 Å². The lowest BCUT2D eigenvalue weighted by Crippen LogP contribution is -1.86. The number of aromatic nitrogens is 4. The Balaban J connectivity index is 2.27. The van der Waals surface area contributed by atoms with E-state index in [0.29, 0.717) is 4.47 Å². The summed E-state index contributed by atoms with van der Waals surface area (Å²) in [6.07, 6.45) is 7.10. The second-order valence-electron chi connectivity index (χ2n) is 2.92. The van der Waals surface area contributed by atoms with Crippen LogP contribution >= 0.6 is 22.9 Å². The molecule has 0 spiro atoms. The first-order chi connectivity index (χ1) is 7.34. The van der Waals surface area contributed by atoms with E-state index >= 15 is 0 Å². The monoisotopic (exact) mass is 236 g/mol. The van der Waals surface area contributed by atoms with Crippen LogP contribution in [0.5, 0.6) is 0 Å². The fourth-order valence-corrected chi connectivity index (χ4v) is 2.32. The molecule has 3 aromatic rings. The topological polar surface area (TPSA) is 43.1 Å². The summed E-state index contributed by atoms with van der Waals surface area (Å²) in [4.78, 5) is 9.24. The van der Waals surface area contributed by atoms with Gasteiger partial charge < -0.3 is 0 Å². The van der Waals surface area contributed by atoms with Crippen LogP contribution in [0.4, 0.5) is 0 Å². The SMILES string of the molecule is Clc1ncc(-c2cnn3cccnc23)s1. The molecule has 0 amide bonds. The van der Waals surface area contributed by atoms with Crippen LogP contribution in [0.15, 0.2) is 30.9 Å². The van der Waals surface area contributed by atoms with Gasteiger partial charge in [-0.05, 0) is 6.07 Å². The minimum atomic E-state index is 0.528. The Morgan fingerprint density at radius 2 is 2.20 bits per heavy atom. The summed E-state index contributed by atoms with van der Waals surface area (Å²) in [7, 11) is 0. The lowest BCUT2D eigenvalue weighted by Gasteiger charge is -1.92. The van der Waals surface area contributed by atoms with Gasteiger partial charge >= 0.3 is 0 Å². The molecule has 3 heterocycles. The van der Waals surface area contributed by atoms with E-state index in [9.17, 15) is 0 Å². The molecule has 0 saturated heterocycles. The molecule has 0 unspecified atom stereocenters. The van der Waals surface area contributed by atoms with Gasteiger partial charge in [-0.1, -0.05) is 11.6 Å². The normalized spacial score (nSPS) is 11.0. The molecule has 6 heteroatoms. The van der Waals surface area contributed by atoms with Crippen molar-refractivity contribution < 1.29 is 0 Å². The highest BCUT2D eigenvalue weighted by Gasteiger charge is 2.09. The first kappa shape index (κ1) is 8.82. The average Bonchev–Trinajstić information content (AvgIpc) is 2.83. The van der Waals surface area contributed by atoms with Crippen LogP contribution in [0, 0.1) is 0 Å². The average molecular weight is 237 g/mol. The first-order valence-corrected chi connectivity index (χ1v) is 5.44. The predicted octanol–water partition coefficient (Wildman–Crippen LogP) is 2.51. The minimum absolute atomic E-state index is 0.528. The van der Waals surface area contributed by atoms with Crippen molar-refractivity contribution in [2.45, 2.75) is 0 Å². The molecule has 4 nitrogen and oxygen atoms in total. The van der Waals surface area contributed by atoms with E-state index in [-0.39, 0.29) is 0 Å². The lowest BCUT2D eigenvalue weighted by molar-refractivity contribution is 0.939. The van der Waals surface area contributed by atoms with Crippen molar-refractivity contribution >= 4 is 28.6 Å². The highest BCUT2D eigenvalue weighted by atomic mass is 35.5. The molecular formula is C9H5ClN4S. The van der Waals surface area contributed by atoms with Gasteiger partial charge in [0.15, 0.2) is 10.1 Å². The molecule has 0 aliphatic carbocycles.